The van der Waals surface area contributed by atoms with Gasteiger partial charge in [0.15, 0.2) is 5.16 Å². The molecule has 0 aliphatic carbocycles. The van der Waals surface area contributed by atoms with Crippen molar-refractivity contribution in [3.63, 3.8) is 0 Å². The molecule has 14 heavy (non-hydrogen) atoms. The van der Waals surface area contributed by atoms with E-state index < -0.39 is 0 Å². The topological polar surface area (TPSA) is 86.9 Å². The van der Waals surface area contributed by atoms with Gasteiger partial charge in [0.1, 0.15) is 6.33 Å². The van der Waals surface area contributed by atoms with Gasteiger partial charge in [-0.25, -0.2) is 15.5 Å². The Morgan fingerprint density at radius 2 is 2.43 bits per heavy atom. The second kappa shape index (κ2) is 6.25. The summed E-state index contributed by atoms with van der Waals surface area (Å²) in [5.41, 5.74) is 6.60. The van der Waals surface area contributed by atoms with Gasteiger partial charge >= 0.3 is 0 Å². The summed E-state index contributed by atoms with van der Waals surface area (Å²) in [6, 6.07) is 0. The van der Waals surface area contributed by atoms with Crippen LogP contribution in [-0.4, -0.2) is 33.8 Å². The van der Waals surface area contributed by atoms with Crippen LogP contribution in [0, 0.1) is 5.53 Å². The molecular formula is C7H12N6S. The van der Waals surface area contributed by atoms with Gasteiger partial charge in [0.2, 0.25) is 5.95 Å². The summed E-state index contributed by atoms with van der Waals surface area (Å²) in [4.78, 5) is 12.1. The Balaban J connectivity index is 2.50. The van der Waals surface area contributed by atoms with Crippen molar-refractivity contribution < 1.29 is 0 Å². The molecule has 6 nitrogen and oxygen atoms in total. The van der Waals surface area contributed by atoms with Crippen LogP contribution in [0.3, 0.4) is 0 Å². The van der Waals surface area contributed by atoms with E-state index >= 15 is 0 Å². The van der Waals surface area contributed by atoms with Gasteiger partial charge in [-0.1, -0.05) is 18.7 Å². The molecule has 0 aliphatic rings. The largest absolute Gasteiger partial charge is 0.352 e. The van der Waals surface area contributed by atoms with Crippen molar-refractivity contribution >= 4 is 17.7 Å². The fourth-order valence-corrected chi connectivity index (χ4v) is 1.32. The molecule has 1 heterocycles. The van der Waals surface area contributed by atoms with Crippen LogP contribution in [0.1, 0.15) is 6.92 Å². The first-order valence-corrected chi connectivity index (χ1v) is 5.24. The standard InChI is InChI=1S/C7H12N6S/c1-2-14-7-11-5-10-6(13-7)9-3-4-12-8/h5,8H,2-4H2,1H3,(H,9,10,11,13). The number of nitrogens with one attached hydrogen (secondary N) is 2. The SMILES string of the molecule is CCSc1ncnc(NCCN=N)n1. The number of rotatable bonds is 6. The zero-order valence-corrected chi connectivity index (χ0v) is 8.71. The van der Waals surface area contributed by atoms with Crippen LogP contribution in [0.5, 0.6) is 0 Å². The molecule has 76 valence electrons. The van der Waals surface area contributed by atoms with Crippen LogP contribution >= 0.6 is 11.8 Å². The fraction of sp³-hybridized carbons (Fsp3) is 0.571. The second-order valence-electron chi connectivity index (χ2n) is 2.33. The minimum Gasteiger partial charge on any atom is -0.352 e. The van der Waals surface area contributed by atoms with E-state index in [0.717, 1.165) is 5.75 Å². The molecule has 0 amide bonds. The van der Waals surface area contributed by atoms with E-state index in [9.17, 15) is 0 Å². The van der Waals surface area contributed by atoms with Gasteiger partial charge in [-0.2, -0.15) is 10.1 Å². The van der Waals surface area contributed by atoms with Crippen LogP contribution in [0.25, 0.3) is 0 Å². The van der Waals surface area contributed by atoms with E-state index in [-0.39, 0.29) is 0 Å². The predicted octanol–water partition coefficient (Wildman–Crippen LogP) is 1.43. The van der Waals surface area contributed by atoms with E-state index in [1.807, 2.05) is 6.92 Å². The third kappa shape index (κ3) is 3.65. The van der Waals surface area contributed by atoms with Gasteiger partial charge in [-0.3, -0.25) is 0 Å². The number of hydrogen-bond acceptors (Lipinski definition) is 7. The molecule has 0 fully saturated rings. The first-order valence-electron chi connectivity index (χ1n) is 4.25. The average molecular weight is 212 g/mol. The minimum atomic E-state index is 0.432. The van der Waals surface area contributed by atoms with Gasteiger partial charge < -0.3 is 5.32 Å². The van der Waals surface area contributed by atoms with Crippen LogP contribution in [0.4, 0.5) is 5.95 Å². The van der Waals surface area contributed by atoms with Gasteiger partial charge in [0.25, 0.3) is 0 Å². The third-order valence-corrected chi connectivity index (χ3v) is 2.07. The second-order valence-corrected chi connectivity index (χ2v) is 3.56. The molecule has 7 heteroatoms. The highest BCUT2D eigenvalue weighted by molar-refractivity contribution is 7.99. The summed E-state index contributed by atoms with van der Waals surface area (Å²) in [5.74, 6) is 1.48. The molecule has 1 rings (SSSR count). The molecule has 0 saturated carbocycles. The minimum absolute atomic E-state index is 0.432. The zero-order chi connectivity index (χ0) is 10.2. The van der Waals surface area contributed by atoms with Crippen LogP contribution in [-0.2, 0) is 0 Å². The van der Waals surface area contributed by atoms with Gasteiger partial charge in [0.05, 0.1) is 6.54 Å². The Hall–Kier alpha value is -1.24. The summed E-state index contributed by atoms with van der Waals surface area (Å²) in [7, 11) is 0. The molecule has 0 spiro atoms. The maximum atomic E-state index is 6.60. The van der Waals surface area contributed by atoms with Crippen molar-refractivity contribution in [2.24, 2.45) is 5.11 Å². The molecule has 1 aromatic heterocycles. The molecule has 0 aromatic carbocycles. The molecule has 2 N–H and O–H groups in total. The van der Waals surface area contributed by atoms with Crippen molar-refractivity contribution in [2.75, 3.05) is 24.2 Å². The van der Waals surface area contributed by atoms with E-state index in [4.69, 9.17) is 5.53 Å². The van der Waals surface area contributed by atoms with E-state index in [1.165, 1.54) is 6.33 Å². The number of nitrogens with zero attached hydrogens (tertiary/aromatic N) is 4. The van der Waals surface area contributed by atoms with Crippen molar-refractivity contribution in [3.8, 4) is 0 Å². The number of anilines is 1. The Morgan fingerprint density at radius 1 is 1.57 bits per heavy atom. The highest BCUT2D eigenvalue weighted by Gasteiger charge is 1.98. The molecule has 0 aliphatic heterocycles. The van der Waals surface area contributed by atoms with Crippen LogP contribution in [0.15, 0.2) is 16.6 Å². The Kier molecular flexibility index (Phi) is 4.84. The van der Waals surface area contributed by atoms with E-state index in [1.54, 1.807) is 11.8 Å². The number of thioether (sulfide) groups is 1. The third-order valence-electron chi connectivity index (χ3n) is 1.33. The Morgan fingerprint density at radius 3 is 3.14 bits per heavy atom. The first-order chi connectivity index (χ1) is 6.86. The average Bonchev–Trinajstić information content (AvgIpc) is 2.19. The summed E-state index contributed by atoms with van der Waals surface area (Å²) in [5, 5.41) is 6.89. The fourth-order valence-electron chi connectivity index (χ4n) is 0.789. The molecular weight excluding hydrogens is 200 g/mol. The molecule has 0 radical (unpaired) electrons. The van der Waals surface area contributed by atoms with Crippen LogP contribution in [0.2, 0.25) is 0 Å². The summed E-state index contributed by atoms with van der Waals surface area (Å²) in [6.45, 7) is 3.05. The Labute approximate surface area is 86.5 Å². The lowest BCUT2D eigenvalue weighted by atomic mass is 10.6. The molecule has 0 saturated heterocycles. The maximum Gasteiger partial charge on any atom is 0.226 e. The van der Waals surface area contributed by atoms with Gasteiger partial charge in [-0.05, 0) is 5.75 Å². The molecule has 1 aromatic rings. The summed E-state index contributed by atoms with van der Waals surface area (Å²) in [6.07, 6.45) is 1.48. The lowest BCUT2D eigenvalue weighted by Gasteiger charge is -2.02. The van der Waals surface area contributed by atoms with Crippen molar-refractivity contribution in [3.05, 3.63) is 6.33 Å². The normalized spacial score (nSPS) is 9.79. The van der Waals surface area contributed by atoms with Crippen LogP contribution < -0.4 is 5.32 Å². The van der Waals surface area contributed by atoms with E-state index in [0.29, 0.717) is 24.2 Å². The summed E-state index contributed by atoms with van der Waals surface area (Å²) >= 11 is 1.57. The van der Waals surface area contributed by atoms with Crippen molar-refractivity contribution in [2.45, 2.75) is 12.1 Å². The quantitative estimate of drug-likeness (QED) is 0.423. The van der Waals surface area contributed by atoms with Crippen molar-refractivity contribution in [1.29, 1.82) is 5.53 Å². The Bertz CT molecular complexity index is 291. The monoisotopic (exact) mass is 212 g/mol. The maximum absolute atomic E-state index is 6.60. The smallest absolute Gasteiger partial charge is 0.226 e. The zero-order valence-electron chi connectivity index (χ0n) is 7.90. The molecule has 0 bridgehead atoms. The highest BCUT2D eigenvalue weighted by Crippen LogP contribution is 2.11. The highest BCUT2D eigenvalue weighted by atomic mass is 32.2. The van der Waals surface area contributed by atoms with Gasteiger partial charge in [0, 0.05) is 6.54 Å². The van der Waals surface area contributed by atoms with Gasteiger partial charge in [-0.15, -0.1) is 0 Å². The first kappa shape index (κ1) is 10.8. The summed E-state index contributed by atoms with van der Waals surface area (Å²) < 4.78 is 0. The lowest BCUT2D eigenvalue weighted by molar-refractivity contribution is 0.861. The van der Waals surface area contributed by atoms with Crippen molar-refractivity contribution in [1.82, 2.24) is 15.0 Å². The predicted molar refractivity (Wildman–Crippen MR) is 54.7 cm³/mol. The molecule has 0 atom stereocenters. The molecule has 0 unspecified atom stereocenters. The number of aromatic nitrogens is 3. The number of hydrogen-bond donors (Lipinski definition) is 2. The lowest BCUT2D eigenvalue weighted by Crippen LogP contribution is -2.08. The van der Waals surface area contributed by atoms with E-state index in [2.05, 4.69) is 25.4 Å².